The van der Waals surface area contributed by atoms with Gasteiger partial charge in [0.05, 0.1) is 25.5 Å². The molecule has 4 N–H and O–H groups in total. The molecule has 2 fully saturated rings. The molecule has 2 amide bonds. The summed E-state index contributed by atoms with van der Waals surface area (Å²) in [7, 11) is 1.62. The summed E-state index contributed by atoms with van der Waals surface area (Å²) in [4.78, 5) is 31.9. The molecule has 9 heteroatoms. The molecule has 206 valence electrons. The molecular formula is C29H39N3O5S. The Morgan fingerprint density at radius 1 is 1.18 bits per heavy atom. The van der Waals surface area contributed by atoms with E-state index in [4.69, 9.17) is 9.72 Å². The quantitative estimate of drug-likeness (QED) is 0.401. The molecule has 0 spiro atoms. The Balaban J connectivity index is 1.40. The topological polar surface area (TPSA) is 121 Å². The lowest BCUT2D eigenvalue weighted by Crippen LogP contribution is -2.57. The van der Waals surface area contributed by atoms with Crippen LogP contribution < -0.4 is 15.4 Å². The van der Waals surface area contributed by atoms with Gasteiger partial charge in [0.2, 0.25) is 11.8 Å². The number of nitrogens with one attached hydrogen (secondary N) is 2. The summed E-state index contributed by atoms with van der Waals surface area (Å²) >= 11 is 1.48. The first-order valence-corrected chi connectivity index (χ1v) is 14.5. The monoisotopic (exact) mass is 541 g/mol. The van der Waals surface area contributed by atoms with E-state index in [1.807, 2.05) is 31.2 Å². The minimum Gasteiger partial charge on any atom is -0.497 e. The maximum absolute atomic E-state index is 13.3. The predicted octanol–water partition coefficient (Wildman–Crippen LogP) is 4.01. The maximum atomic E-state index is 13.3. The Hall–Kier alpha value is -2.49. The number of aromatic nitrogens is 1. The van der Waals surface area contributed by atoms with Gasteiger partial charge in [-0.2, -0.15) is 0 Å². The number of ether oxygens (including phenoxy) is 1. The van der Waals surface area contributed by atoms with Crippen LogP contribution in [-0.2, 0) is 22.6 Å². The molecule has 3 aliphatic carbocycles. The van der Waals surface area contributed by atoms with Gasteiger partial charge in [0.15, 0.2) is 5.13 Å². The van der Waals surface area contributed by atoms with Crippen LogP contribution in [-0.4, -0.2) is 46.8 Å². The number of thiazole rings is 1. The van der Waals surface area contributed by atoms with Crippen LogP contribution in [0, 0.1) is 22.7 Å². The van der Waals surface area contributed by atoms with E-state index < -0.39 is 11.5 Å². The van der Waals surface area contributed by atoms with Crippen molar-refractivity contribution in [2.45, 2.75) is 77.4 Å². The fourth-order valence-corrected chi connectivity index (χ4v) is 7.85. The number of benzene rings is 1. The Bertz CT molecular complexity index is 1180. The van der Waals surface area contributed by atoms with Gasteiger partial charge in [-0.3, -0.25) is 9.59 Å². The summed E-state index contributed by atoms with van der Waals surface area (Å²) in [6, 6.07) is 7.61. The number of amides is 2. The van der Waals surface area contributed by atoms with Crippen molar-refractivity contribution in [1.29, 1.82) is 0 Å². The lowest BCUT2D eigenvalue weighted by molar-refractivity contribution is -0.144. The molecule has 2 aromatic rings. The summed E-state index contributed by atoms with van der Waals surface area (Å²) < 4.78 is 5.22. The molecule has 1 heterocycles. The number of methoxy groups -OCH3 is 1. The first-order chi connectivity index (χ1) is 18.2. The van der Waals surface area contributed by atoms with Crippen molar-refractivity contribution in [1.82, 2.24) is 10.3 Å². The molecule has 1 aromatic carbocycles. The third kappa shape index (κ3) is 4.84. The van der Waals surface area contributed by atoms with Gasteiger partial charge < -0.3 is 25.6 Å². The fraction of sp³-hybridized carbons (Fsp3) is 0.621. The minimum atomic E-state index is -0.679. The van der Waals surface area contributed by atoms with Gasteiger partial charge >= 0.3 is 0 Å². The second kappa shape index (κ2) is 10.6. The lowest BCUT2D eigenvalue weighted by atomic mass is 9.47. The van der Waals surface area contributed by atoms with E-state index >= 15 is 0 Å². The molecule has 8 nitrogen and oxygen atoms in total. The van der Waals surface area contributed by atoms with Gasteiger partial charge in [0.1, 0.15) is 5.75 Å². The van der Waals surface area contributed by atoms with Crippen molar-refractivity contribution in [3.05, 3.63) is 40.4 Å². The summed E-state index contributed by atoms with van der Waals surface area (Å²) in [5, 5.41) is 28.1. The Morgan fingerprint density at radius 3 is 2.55 bits per heavy atom. The van der Waals surface area contributed by atoms with E-state index in [2.05, 4.69) is 17.6 Å². The molecule has 5 rings (SSSR count). The minimum absolute atomic E-state index is 0.0220. The molecule has 0 bridgehead atoms. The van der Waals surface area contributed by atoms with Crippen LogP contribution in [0.2, 0.25) is 0 Å². The van der Waals surface area contributed by atoms with E-state index in [1.54, 1.807) is 7.11 Å². The van der Waals surface area contributed by atoms with Crippen LogP contribution in [0.25, 0.3) is 0 Å². The number of nitrogens with zero attached hydrogens (tertiary/aromatic N) is 1. The molecule has 2 saturated carbocycles. The van der Waals surface area contributed by atoms with Gasteiger partial charge in [0.25, 0.3) is 0 Å². The Labute approximate surface area is 228 Å². The standard InChI is InChI=1S/C29H39N3O5S/c1-28-12-11-23(34)29(2,16-33)22(28)14-21-25(31-27(38-21)32-26(36)18-5-4-6-18)20(28)13-24(35)30-15-17-7-9-19(37-3)10-8-17/h7-10,18,20,22-23,33-34H,4-6,11-16H2,1-3H3,(H,30,35)(H,31,32,36). The fourth-order valence-electron chi connectivity index (χ4n) is 6.78. The van der Waals surface area contributed by atoms with E-state index in [9.17, 15) is 19.8 Å². The number of carbonyl (C=O) groups is 2. The number of rotatable bonds is 8. The number of aliphatic hydroxyl groups is 2. The highest BCUT2D eigenvalue weighted by Gasteiger charge is 2.59. The lowest BCUT2D eigenvalue weighted by Gasteiger charge is -2.58. The number of aliphatic hydroxyl groups excluding tert-OH is 2. The van der Waals surface area contributed by atoms with Crippen molar-refractivity contribution < 1.29 is 24.5 Å². The maximum Gasteiger partial charge on any atom is 0.229 e. The number of fused-ring (bicyclic) bond motifs is 2. The first kappa shape index (κ1) is 27.1. The molecule has 3 aliphatic rings. The zero-order chi connectivity index (χ0) is 27.1. The van der Waals surface area contributed by atoms with Gasteiger partial charge in [-0.1, -0.05) is 32.4 Å². The van der Waals surface area contributed by atoms with Crippen LogP contribution in [0.15, 0.2) is 24.3 Å². The van der Waals surface area contributed by atoms with Crippen molar-refractivity contribution in [2.24, 2.45) is 22.7 Å². The first-order valence-electron chi connectivity index (χ1n) is 13.7. The second-order valence-electron chi connectivity index (χ2n) is 11.8. The van der Waals surface area contributed by atoms with Crippen LogP contribution in [0.1, 0.15) is 74.4 Å². The predicted molar refractivity (Wildman–Crippen MR) is 146 cm³/mol. The largest absolute Gasteiger partial charge is 0.497 e. The van der Waals surface area contributed by atoms with Crippen molar-refractivity contribution in [2.75, 3.05) is 19.0 Å². The average molecular weight is 542 g/mol. The summed E-state index contributed by atoms with van der Waals surface area (Å²) in [6.07, 6.45) is 4.55. The molecule has 38 heavy (non-hydrogen) atoms. The van der Waals surface area contributed by atoms with Crippen molar-refractivity contribution in [3.8, 4) is 5.75 Å². The highest BCUT2D eigenvalue weighted by atomic mass is 32.1. The van der Waals surface area contributed by atoms with E-state index in [1.165, 1.54) is 11.3 Å². The van der Waals surface area contributed by atoms with Crippen molar-refractivity contribution in [3.63, 3.8) is 0 Å². The molecule has 0 radical (unpaired) electrons. The van der Waals surface area contributed by atoms with E-state index in [-0.39, 0.29) is 48.0 Å². The Kier molecular flexibility index (Phi) is 7.55. The van der Waals surface area contributed by atoms with Crippen LogP contribution in [0.5, 0.6) is 5.75 Å². The smallest absolute Gasteiger partial charge is 0.229 e. The van der Waals surface area contributed by atoms with Crippen LogP contribution in [0.3, 0.4) is 0 Å². The van der Waals surface area contributed by atoms with E-state index in [0.717, 1.165) is 47.6 Å². The number of hydrogen-bond acceptors (Lipinski definition) is 7. The Morgan fingerprint density at radius 2 is 1.92 bits per heavy atom. The molecule has 1 aromatic heterocycles. The zero-order valence-electron chi connectivity index (χ0n) is 22.5. The third-order valence-corrected chi connectivity index (χ3v) is 10.6. The highest BCUT2D eigenvalue weighted by molar-refractivity contribution is 7.15. The second-order valence-corrected chi connectivity index (χ2v) is 12.9. The normalized spacial score (nSPS) is 30.5. The molecular weight excluding hydrogens is 502 g/mol. The van der Waals surface area contributed by atoms with Crippen molar-refractivity contribution >= 4 is 28.3 Å². The molecule has 5 unspecified atom stereocenters. The van der Waals surface area contributed by atoms with Gasteiger partial charge in [-0.25, -0.2) is 4.98 Å². The zero-order valence-corrected chi connectivity index (χ0v) is 23.3. The van der Waals surface area contributed by atoms with Gasteiger partial charge in [-0.05, 0) is 61.1 Å². The molecule has 0 saturated heterocycles. The highest BCUT2D eigenvalue weighted by Crippen LogP contribution is 2.62. The van der Waals surface area contributed by atoms with Gasteiger partial charge in [0, 0.05) is 35.1 Å². The number of hydrogen-bond donors (Lipinski definition) is 4. The number of anilines is 1. The van der Waals surface area contributed by atoms with E-state index in [0.29, 0.717) is 24.5 Å². The summed E-state index contributed by atoms with van der Waals surface area (Å²) in [5.41, 5.74) is 0.858. The summed E-state index contributed by atoms with van der Waals surface area (Å²) in [5.74, 6) is 0.577. The number of carbonyl (C=O) groups excluding carboxylic acids is 2. The molecule has 0 aliphatic heterocycles. The molecule has 5 atom stereocenters. The van der Waals surface area contributed by atoms with Crippen LogP contribution in [0.4, 0.5) is 5.13 Å². The SMILES string of the molecule is COc1ccc(CNC(=O)CC2c3nc(NC(=O)C4CCC4)sc3CC3C(C)(CO)C(O)CCC23C)cc1. The average Bonchev–Trinajstić information content (AvgIpc) is 3.27. The van der Waals surface area contributed by atoms with Crippen LogP contribution >= 0.6 is 11.3 Å². The third-order valence-electron chi connectivity index (χ3n) is 9.64. The summed E-state index contributed by atoms with van der Waals surface area (Å²) in [6.45, 7) is 4.44. The van der Waals surface area contributed by atoms with Gasteiger partial charge in [-0.15, -0.1) is 11.3 Å².